The predicted octanol–water partition coefficient (Wildman–Crippen LogP) is 17.0. The number of carbonyl (C=O) groups excluding carboxylic acids is 3. The fraction of sp³-hybridized carbons (Fsp3) is 0.667. The second-order valence-corrected chi connectivity index (χ2v) is 16.7. The van der Waals surface area contributed by atoms with E-state index in [0.717, 1.165) is 103 Å². The maximum absolute atomic E-state index is 12.8. The topological polar surface area (TPSA) is 78.9 Å². The minimum Gasteiger partial charge on any atom is -0.462 e. The number of hydrogen-bond donors (Lipinski definition) is 0. The molecule has 0 aliphatic carbocycles. The molecule has 0 N–H and O–H groups in total. The van der Waals surface area contributed by atoms with Crippen LogP contribution < -0.4 is 0 Å². The van der Waals surface area contributed by atoms with Crippen LogP contribution in [0.15, 0.2) is 97.2 Å². The van der Waals surface area contributed by atoms with E-state index in [-0.39, 0.29) is 37.5 Å². The summed E-state index contributed by atoms with van der Waals surface area (Å²) in [4.78, 5) is 37.9. The van der Waals surface area contributed by atoms with E-state index in [2.05, 4.69) is 106 Å². The third kappa shape index (κ3) is 49.2. The van der Waals surface area contributed by atoms with Gasteiger partial charge in [0.1, 0.15) is 13.2 Å². The molecule has 0 heterocycles. The normalized spacial score (nSPS) is 12.9. The molecule has 1 atom stereocenters. The van der Waals surface area contributed by atoms with Crippen LogP contribution >= 0.6 is 0 Å². The molecule has 0 aromatic heterocycles. The van der Waals surface area contributed by atoms with Gasteiger partial charge in [-0.1, -0.05) is 195 Å². The van der Waals surface area contributed by atoms with Crippen molar-refractivity contribution in [3.8, 4) is 0 Å². The molecule has 0 saturated heterocycles. The number of allylic oxidation sites excluding steroid dienone is 16. The van der Waals surface area contributed by atoms with Crippen molar-refractivity contribution in [1.82, 2.24) is 0 Å². The highest BCUT2D eigenvalue weighted by Crippen LogP contribution is 2.13. The zero-order valence-corrected chi connectivity index (χ0v) is 40.8. The number of rotatable bonds is 45. The second kappa shape index (κ2) is 51.0. The van der Waals surface area contributed by atoms with E-state index in [0.29, 0.717) is 19.3 Å². The molecule has 0 spiro atoms. The maximum atomic E-state index is 12.8. The van der Waals surface area contributed by atoms with Crippen LogP contribution in [0.3, 0.4) is 0 Å². The second-order valence-electron chi connectivity index (χ2n) is 16.7. The van der Waals surface area contributed by atoms with Crippen molar-refractivity contribution in [3.05, 3.63) is 97.2 Å². The van der Waals surface area contributed by atoms with E-state index in [1.807, 2.05) is 12.2 Å². The fourth-order valence-corrected chi connectivity index (χ4v) is 6.69. The molecule has 63 heavy (non-hydrogen) atoms. The number of ether oxygens (including phenoxy) is 3. The van der Waals surface area contributed by atoms with E-state index in [1.54, 1.807) is 0 Å². The summed E-state index contributed by atoms with van der Waals surface area (Å²) in [7, 11) is 0. The van der Waals surface area contributed by atoms with Gasteiger partial charge in [0, 0.05) is 19.3 Å². The monoisotopic (exact) mass is 875 g/mol. The van der Waals surface area contributed by atoms with Gasteiger partial charge in [-0.25, -0.2) is 0 Å². The lowest BCUT2D eigenvalue weighted by atomic mass is 10.1. The standard InChI is InChI=1S/C57H94O6/c1-4-7-10-13-16-19-22-25-27-28-29-30-31-33-35-38-41-44-47-50-56(59)62-53-54(52-61-55(58)49-46-43-40-37-34-24-21-18-15-12-9-6-3)63-57(60)51-48-45-42-39-36-32-26-23-20-17-14-11-8-5-2/h7,10,16,18-19,21,23,25-27,29-30,33,35,41,44,54H,4-6,8-9,11-15,17,20,22,24,28,31-32,34,36-40,42-43,45-53H2,1-3H3/b10-7-,19-16-,21-18-,26-23-,27-25-,30-29-,35-33-,44-41-. The highest BCUT2D eigenvalue weighted by Gasteiger charge is 2.19. The lowest BCUT2D eigenvalue weighted by molar-refractivity contribution is -0.166. The molecule has 6 heteroatoms. The zero-order chi connectivity index (χ0) is 45.8. The van der Waals surface area contributed by atoms with E-state index in [1.165, 1.54) is 77.0 Å². The molecular formula is C57H94O6. The fourth-order valence-electron chi connectivity index (χ4n) is 6.69. The minimum absolute atomic E-state index is 0.109. The highest BCUT2D eigenvalue weighted by atomic mass is 16.6. The summed E-state index contributed by atoms with van der Waals surface area (Å²) in [5.74, 6) is -1.02. The van der Waals surface area contributed by atoms with Crippen molar-refractivity contribution in [3.63, 3.8) is 0 Å². The van der Waals surface area contributed by atoms with E-state index < -0.39 is 6.10 Å². The minimum atomic E-state index is -0.815. The third-order valence-electron chi connectivity index (χ3n) is 10.6. The van der Waals surface area contributed by atoms with Crippen LogP contribution in [0.4, 0.5) is 0 Å². The smallest absolute Gasteiger partial charge is 0.306 e. The van der Waals surface area contributed by atoms with Gasteiger partial charge in [-0.3, -0.25) is 14.4 Å². The Kier molecular flexibility index (Phi) is 48.0. The van der Waals surface area contributed by atoms with Crippen LogP contribution in [-0.2, 0) is 28.6 Å². The van der Waals surface area contributed by atoms with Crippen LogP contribution in [0.25, 0.3) is 0 Å². The van der Waals surface area contributed by atoms with Gasteiger partial charge in [-0.05, 0) is 109 Å². The average Bonchev–Trinajstić information content (AvgIpc) is 3.28. The quantitative estimate of drug-likeness (QED) is 0.0262. The van der Waals surface area contributed by atoms with Gasteiger partial charge in [0.25, 0.3) is 0 Å². The van der Waals surface area contributed by atoms with Crippen LogP contribution in [0.1, 0.15) is 226 Å². The van der Waals surface area contributed by atoms with Crippen LogP contribution in [0, 0.1) is 0 Å². The molecule has 0 aliphatic heterocycles. The Morgan fingerprint density at radius 1 is 0.333 bits per heavy atom. The van der Waals surface area contributed by atoms with Crippen molar-refractivity contribution in [2.45, 2.75) is 232 Å². The Balaban J connectivity index is 4.52. The number of hydrogen-bond acceptors (Lipinski definition) is 6. The van der Waals surface area contributed by atoms with Gasteiger partial charge in [-0.15, -0.1) is 0 Å². The number of esters is 3. The van der Waals surface area contributed by atoms with Crippen molar-refractivity contribution in [2.75, 3.05) is 13.2 Å². The SMILES string of the molecule is CC/C=C\C/C=C\C/C=C\C/C=C\C/C=C\C/C=C\CCC(=O)OCC(COC(=O)CCCCCCC/C=C\CCCCC)OC(=O)CCCCCCC/C=C\CCCCCCC. The first kappa shape index (κ1) is 59.3. The van der Waals surface area contributed by atoms with Gasteiger partial charge < -0.3 is 14.2 Å². The molecule has 0 amide bonds. The molecule has 0 bridgehead atoms. The summed E-state index contributed by atoms with van der Waals surface area (Å²) in [6.45, 7) is 6.40. The molecule has 0 fully saturated rings. The van der Waals surface area contributed by atoms with Crippen LogP contribution in [-0.4, -0.2) is 37.2 Å². The molecule has 0 radical (unpaired) electrons. The molecule has 358 valence electrons. The summed E-state index contributed by atoms with van der Waals surface area (Å²) < 4.78 is 16.7. The van der Waals surface area contributed by atoms with Crippen molar-refractivity contribution in [2.24, 2.45) is 0 Å². The third-order valence-corrected chi connectivity index (χ3v) is 10.6. The van der Waals surface area contributed by atoms with Crippen LogP contribution in [0.2, 0.25) is 0 Å². The van der Waals surface area contributed by atoms with Gasteiger partial charge in [0.2, 0.25) is 0 Å². The van der Waals surface area contributed by atoms with Gasteiger partial charge >= 0.3 is 17.9 Å². The lowest BCUT2D eigenvalue weighted by Gasteiger charge is -2.18. The van der Waals surface area contributed by atoms with Crippen LogP contribution in [0.5, 0.6) is 0 Å². The first-order valence-electron chi connectivity index (χ1n) is 25.7. The molecule has 0 aromatic rings. The largest absolute Gasteiger partial charge is 0.462 e. The Morgan fingerprint density at radius 3 is 1.10 bits per heavy atom. The summed E-state index contributed by atoms with van der Waals surface area (Å²) in [5.41, 5.74) is 0. The molecular weight excluding hydrogens is 781 g/mol. The van der Waals surface area contributed by atoms with E-state index >= 15 is 0 Å². The van der Waals surface area contributed by atoms with Gasteiger partial charge in [-0.2, -0.15) is 0 Å². The first-order valence-corrected chi connectivity index (χ1v) is 25.7. The molecule has 6 nitrogen and oxygen atoms in total. The summed E-state index contributed by atoms with van der Waals surface area (Å²) in [6, 6.07) is 0. The van der Waals surface area contributed by atoms with E-state index in [9.17, 15) is 14.4 Å². The Morgan fingerprint density at radius 2 is 0.651 bits per heavy atom. The molecule has 0 aliphatic rings. The van der Waals surface area contributed by atoms with Gasteiger partial charge in [0.05, 0.1) is 0 Å². The summed E-state index contributed by atoms with van der Waals surface area (Å²) in [6.07, 6.45) is 66.8. The number of unbranched alkanes of at least 4 members (excludes halogenated alkanes) is 18. The Bertz CT molecular complexity index is 1280. The summed E-state index contributed by atoms with van der Waals surface area (Å²) in [5, 5.41) is 0. The first-order chi connectivity index (χ1) is 31.0. The Hall–Kier alpha value is -3.67. The summed E-state index contributed by atoms with van der Waals surface area (Å²) >= 11 is 0. The lowest BCUT2D eigenvalue weighted by Crippen LogP contribution is -2.30. The predicted molar refractivity (Wildman–Crippen MR) is 270 cm³/mol. The van der Waals surface area contributed by atoms with E-state index in [4.69, 9.17) is 14.2 Å². The highest BCUT2D eigenvalue weighted by molar-refractivity contribution is 5.71. The molecule has 0 saturated carbocycles. The molecule has 0 rings (SSSR count). The van der Waals surface area contributed by atoms with Crippen molar-refractivity contribution >= 4 is 17.9 Å². The van der Waals surface area contributed by atoms with Crippen molar-refractivity contribution < 1.29 is 28.6 Å². The van der Waals surface area contributed by atoms with Gasteiger partial charge in [0.15, 0.2) is 6.10 Å². The maximum Gasteiger partial charge on any atom is 0.306 e. The Labute approximate surface area is 387 Å². The number of carbonyl (C=O) groups is 3. The average molecular weight is 875 g/mol. The zero-order valence-electron chi connectivity index (χ0n) is 40.8. The molecule has 0 aromatic carbocycles. The molecule has 1 unspecified atom stereocenters. The van der Waals surface area contributed by atoms with Crippen molar-refractivity contribution in [1.29, 1.82) is 0 Å².